The minimum atomic E-state index is -5.69. The van der Waals surface area contributed by atoms with Crippen molar-refractivity contribution in [3.8, 4) is 0 Å². The molecule has 0 aromatic carbocycles. The fourth-order valence-corrected chi connectivity index (χ4v) is 2.78. The molecular formula is C14H22F3NO5S. The first-order valence-electron chi connectivity index (χ1n) is 7.41. The van der Waals surface area contributed by atoms with Gasteiger partial charge in [-0.15, -0.1) is 0 Å². The number of piperidine rings is 1. The Hall–Kier alpha value is -1.45. The van der Waals surface area contributed by atoms with Crippen molar-refractivity contribution in [1.82, 2.24) is 4.90 Å². The third kappa shape index (κ3) is 5.57. The maximum atomic E-state index is 12.4. The lowest BCUT2D eigenvalue weighted by atomic mass is 9.95. The molecule has 0 saturated carbocycles. The molecule has 24 heavy (non-hydrogen) atoms. The van der Waals surface area contributed by atoms with E-state index in [2.05, 4.69) is 4.18 Å². The van der Waals surface area contributed by atoms with Gasteiger partial charge in [-0.05, 0) is 46.6 Å². The standard InChI is InChI=1S/C14H22F3NO5S/c1-5-11(23-24(20,21)14(15,16)17)10-6-8-18(9-7-10)12(19)22-13(2,3)4/h5,10H,6-9H2,1-4H3. The molecule has 1 rings (SSSR count). The van der Waals surface area contributed by atoms with Crippen LogP contribution in [-0.2, 0) is 19.0 Å². The number of amides is 1. The normalized spacial score (nSPS) is 18.5. The lowest BCUT2D eigenvalue weighted by molar-refractivity contribution is -0.0529. The average Bonchev–Trinajstić information content (AvgIpc) is 2.42. The van der Waals surface area contributed by atoms with Crippen LogP contribution < -0.4 is 0 Å². The van der Waals surface area contributed by atoms with Crippen molar-refractivity contribution in [1.29, 1.82) is 0 Å². The van der Waals surface area contributed by atoms with Gasteiger partial charge in [-0.1, -0.05) is 0 Å². The quantitative estimate of drug-likeness (QED) is 0.431. The minimum Gasteiger partial charge on any atom is -0.444 e. The van der Waals surface area contributed by atoms with Crippen molar-refractivity contribution in [3.63, 3.8) is 0 Å². The number of allylic oxidation sites excluding steroid dienone is 2. The van der Waals surface area contributed by atoms with Crippen LogP contribution in [0.4, 0.5) is 18.0 Å². The van der Waals surface area contributed by atoms with Gasteiger partial charge in [-0.2, -0.15) is 21.6 Å². The Kier molecular flexibility index (Phi) is 6.18. The van der Waals surface area contributed by atoms with Crippen LogP contribution in [0.2, 0.25) is 0 Å². The molecular weight excluding hydrogens is 351 g/mol. The molecule has 0 aromatic rings. The topological polar surface area (TPSA) is 72.9 Å². The molecule has 0 atom stereocenters. The summed E-state index contributed by atoms with van der Waals surface area (Å²) >= 11 is 0. The van der Waals surface area contributed by atoms with Gasteiger partial charge >= 0.3 is 21.7 Å². The van der Waals surface area contributed by atoms with Crippen molar-refractivity contribution in [2.45, 2.75) is 51.6 Å². The molecule has 0 aromatic heterocycles. The van der Waals surface area contributed by atoms with Gasteiger partial charge in [0.05, 0.1) is 0 Å². The Balaban J connectivity index is 2.68. The van der Waals surface area contributed by atoms with Crippen molar-refractivity contribution in [3.05, 3.63) is 11.8 Å². The highest BCUT2D eigenvalue weighted by atomic mass is 32.2. The van der Waals surface area contributed by atoms with Gasteiger partial charge in [0.2, 0.25) is 0 Å². The average molecular weight is 373 g/mol. The molecule has 1 fully saturated rings. The van der Waals surface area contributed by atoms with E-state index in [0.29, 0.717) is 0 Å². The van der Waals surface area contributed by atoms with Crippen LogP contribution in [0, 0.1) is 5.92 Å². The van der Waals surface area contributed by atoms with Gasteiger partial charge in [0.1, 0.15) is 11.4 Å². The summed E-state index contributed by atoms with van der Waals surface area (Å²) in [6.07, 6.45) is 1.27. The molecule has 0 N–H and O–H groups in total. The van der Waals surface area contributed by atoms with E-state index in [-0.39, 0.29) is 31.7 Å². The van der Waals surface area contributed by atoms with Crippen molar-refractivity contribution in [2.24, 2.45) is 5.92 Å². The third-order valence-corrected chi connectivity index (χ3v) is 4.30. The monoisotopic (exact) mass is 373 g/mol. The van der Waals surface area contributed by atoms with Crippen molar-refractivity contribution in [2.75, 3.05) is 13.1 Å². The number of nitrogens with zero attached hydrogens (tertiary/aromatic N) is 1. The Morgan fingerprint density at radius 3 is 2.04 bits per heavy atom. The highest BCUT2D eigenvalue weighted by Gasteiger charge is 2.49. The molecule has 0 unspecified atom stereocenters. The smallest absolute Gasteiger partial charge is 0.444 e. The van der Waals surface area contributed by atoms with Gasteiger partial charge < -0.3 is 13.8 Å². The number of halogens is 3. The summed E-state index contributed by atoms with van der Waals surface area (Å²) in [5.41, 5.74) is -6.12. The minimum absolute atomic E-state index is 0.242. The van der Waals surface area contributed by atoms with Crippen LogP contribution in [0.1, 0.15) is 40.5 Å². The summed E-state index contributed by atoms with van der Waals surface area (Å²) in [5.74, 6) is -0.762. The van der Waals surface area contributed by atoms with E-state index in [1.165, 1.54) is 17.9 Å². The van der Waals surface area contributed by atoms with E-state index in [9.17, 15) is 26.4 Å². The number of carbonyl (C=O) groups is 1. The number of alkyl halides is 3. The molecule has 0 bridgehead atoms. The molecule has 0 radical (unpaired) electrons. The van der Waals surface area contributed by atoms with Crippen molar-refractivity contribution < 1.29 is 35.3 Å². The van der Waals surface area contributed by atoms with E-state index in [0.717, 1.165) is 0 Å². The number of hydrogen-bond donors (Lipinski definition) is 0. The number of ether oxygens (including phenoxy) is 1. The zero-order valence-corrected chi connectivity index (χ0v) is 14.8. The molecule has 140 valence electrons. The number of hydrogen-bond acceptors (Lipinski definition) is 5. The van der Waals surface area contributed by atoms with Crippen LogP contribution in [-0.4, -0.2) is 43.6 Å². The highest BCUT2D eigenvalue weighted by molar-refractivity contribution is 7.87. The molecule has 1 aliphatic heterocycles. The lowest BCUT2D eigenvalue weighted by Gasteiger charge is -2.33. The largest absolute Gasteiger partial charge is 0.534 e. The molecule has 0 spiro atoms. The first kappa shape index (κ1) is 20.6. The molecule has 1 heterocycles. The molecule has 1 aliphatic rings. The predicted molar refractivity (Wildman–Crippen MR) is 80.3 cm³/mol. The third-order valence-electron chi connectivity index (χ3n) is 3.32. The number of carbonyl (C=O) groups excluding carboxylic acids is 1. The number of rotatable bonds is 3. The fraction of sp³-hybridized carbons (Fsp3) is 0.786. The van der Waals surface area contributed by atoms with Crippen LogP contribution >= 0.6 is 0 Å². The second kappa shape index (κ2) is 7.20. The van der Waals surface area contributed by atoms with E-state index >= 15 is 0 Å². The second-order valence-corrected chi connectivity index (χ2v) is 7.95. The summed E-state index contributed by atoms with van der Waals surface area (Å²) in [4.78, 5) is 13.4. The van der Waals surface area contributed by atoms with Crippen molar-refractivity contribution >= 4 is 16.2 Å². The Morgan fingerprint density at radius 2 is 1.67 bits per heavy atom. The van der Waals surface area contributed by atoms with Gasteiger partial charge in [-0.3, -0.25) is 0 Å². The van der Waals surface area contributed by atoms with Gasteiger partial charge in [-0.25, -0.2) is 4.79 Å². The first-order chi connectivity index (χ1) is 10.8. The SMILES string of the molecule is CC=C(OS(=O)(=O)C(F)(F)F)C1CCN(C(=O)OC(C)(C)C)CC1. The highest BCUT2D eigenvalue weighted by Crippen LogP contribution is 2.32. The number of likely N-dealkylation sites (tertiary alicyclic amines) is 1. The Bertz CT molecular complexity index is 585. The van der Waals surface area contributed by atoms with E-state index < -0.39 is 33.2 Å². The lowest BCUT2D eigenvalue weighted by Crippen LogP contribution is -2.42. The zero-order valence-electron chi connectivity index (χ0n) is 14.0. The fourth-order valence-electron chi connectivity index (χ4n) is 2.20. The van der Waals surface area contributed by atoms with Crippen LogP contribution in [0.15, 0.2) is 11.8 Å². The van der Waals surface area contributed by atoms with Crippen LogP contribution in [0.25, 0.3) is 0 Å². The second-order valence-electron chi connectivity index (χ2n) is 6.42. The predicted octanol–water partition coefficient (Wildman–Crippen LogP) is 3.40. The summed E-state index contributed by atoms with van der Waals surface area (Å²) in [6.45, 7) is 7.07. The summed E-state index contributed by atoms with van der Waals surface area (Å²) in [6, 6.07) is 0. The first-order valence-corrected chi connectivity index (χ1v) is 8.82. The molecule has 0 aliphatic carbocycles. The summed E-state index contributed by atoms with van der Waals surface area (Å²) < 4.78 is 68.9. The van der Waals surface area contributed by atoms with Crippen LogP contribution in [0.3, 0.4) is 0 Å². The molecule has 6 nitrogen and oxygen atoms in total. The van der Waals surface area contributed by atoms with Gasteiger partial charge in [0, 0.05) is 19.0 Å². The van der Waals surface area contributed by atoms with E-state index in [4.69, 9.17) is 4.74 Å². The molecule has 10 heteroatoms. The van der Waals surface area contributed by atoms with Gasteiger partial charge in [0.25, 0.3) is 0 Å². The Morgan fingerprint density at radius 1 is 1.17 bits per heavy atom. The molecule has 1 saturated heterocycles. The maximum absolute atomic E-state index is 12.4. The summed E-state index contributed by atoms with van der Waals surface area (Å²) in [5, 5.41) is 0. The van der Waals surface area contributed by atoms with Crippen LogP contribution in [0.5, 0.6) is 0 Å². The van der Waals surface area contributed by atoms with E-state index in [1.807, 2.05) is 0 Å². The Labute approximate surface area is 139 Å². The molecule has 1 amide bonds. The summed E-state index contributed by atoms with van der Waals surface area (Å²) in [7, 11) is -5.69. The maximum Gasteiger partial charge on any atom is 0.534 e. The van der Waals surface area contributed by atoms with Gasteiger partial charge in [0.15, 0.2) is 0 Å². The van der Waals surface area contributed by atoms with E-state index in [1.54, 1.807) is 20.8 Å². The zero-order chi connectivity index (χ0) is 18.8.